The minimum Gasteiger partial charge on any atom is -0.458 e. The van der Waals surface area contributed by atoms with E-state index in [-0.39, 0.29) is 13.4 Å². The normalized spacial score (nSPS) is 12.2. The summed E-state index contributed by atoms with van der Waals surface area (Å²) in [6.07, 6.45) is 0. The summed E-state index contributed by atoms with van der Waals surface area (Å²) in [7, 11) is 16.0. The number of rotatable bonds is 6. The second-order valence-corrected chi connectivity index (χ2v) is 13.8. The van der Waals surface area contributed by atoms with Gasteiger partial charge in [0.15, 0.2) is 0 Å². The van der Waals surface area contributed by atoms with Crippen molar-refractivity contribution in [3.8, 4) is 35.1 Å². The molecule has 246 valence electrons. The van der Waals surface area contributed by atoms with Crippen molar-refractivity contribution in [3.05, 3.63) is 96.1 Å². The first-order valence-electron chi connectivity index (χ1n) is 16.6. The molecule has 2 aliphatic heterocycles. The van der Waals surface area contributed by atoms with Crippen molar-refractivity contribution < 1.29 is 9.47 Å². The van der Waals surface area contributed by atoms with Gasteiger partial charge in [0.1, 0.15) is 23.0 Å². The topological polar surface area (TPSA) is 79.0 Å². The van der Waals surface area contributed by atoms with Gasteiger partial charge in [-0.1, -0.05) is 24.3 Å². The number of anilines is 4. The van der Waals surface area contributed by atoms with Crippen molar-refractivity contribution in [1.29, 1.82) is 10.5 Å². The van der Waals surface area contributed by atoms with E-state index in [4.69, 9.17) is 9.47 Å². The van der Waals surface area contributed by atoms with Gasteiger partial charge in [-0.05, 0) is 69.2 Å². The first kappa shape index (κ1) is 32.6. The SMILES string of the molecule is CN(C)c1ccc2c(c1)Oc1cc(N(C)C)ccc1B2c1cc(C#N)c(B2c3ccc(N(C)C)cc3Oc3cc(N(C)C)ccc32)cc1C#N. The molecule has 0 aliphatic carbocycles. The van der Waals surface area contributed by atoms with E-state index in [1.807, 2.05) is 112 Å². The van der Waals surface area contributed by atoms with Crippen LogP contribution in [0.25, 0.3) is 0 Å². The molecular weight excluding hydrogens is 618 g/mol. The standard InChI is InChI=1S/C40H38B2N6O2/c1-45(2)27-9-13-31-37(19-27)49-38-20-28(46(3)4)10-14-32(38)41(31)35-17-26(24-44)36(18-25(35)23-43)42-33-15-11-29(47(5)6)21-39(33)50-40-22-30(48(7)8)12-16-34(40)42/h9-22H,1-8H3. The summed E-state index contributed by atoms with van der Waals surface area (Å²) >= 11 is 0. The maximum absolute atomic E-state index is 10.8. The average Bonchev–Trinajstić information content (AvgIpc) is 3.11. The molecule has 50 heavy (non-hydrogen) atoms. The van der Waals surface area contributed by atoms with Crippen molar-refractivity contribution in [2.24, 2.45) is 0 Å². The van der Waals surface area contributed by atoms with E-state index in [1.54, 1.807) is 0 Å². The Kier molecular flexibility index (Phi) is 8.12. The highest BCUT2D eigenvalue weighted by molar-refractivity contribution is 6.99. The molecular formula is C40H38B2N6O2. The summed E-state index contributed by atoms with van der Waals surface area (Å²) < 4.78 is 13.1. The third-order valence-corrected chi connectivity index (χ3v) is 9.82. The molecule has 0 saturated carbocycles. The molecule has 8 nitrogen and oxygen atoms in total. The smallest absolute Gasteiger partial charge is 0.252 e. The van der Waals surface area contributed by atoms with Crippen LogP contribution in [-0.4, -0.2) is 69.8 Å². The van der Waals surface area contributed by atoms with E-state index in [0.717, 1.165) is 78.5 Å². The molecule has 5 aromatic rings. The number of ether oxygens (including phenoxy) is 2. The molecule has 10 heteroatoms. The van der Waals surface area contributed by atoms with Crippen LogP contribution in [0.15, 0.2) is 84.9 Å². The Labute approximate surface area is 295 Å². The largest absolute Gasteiger partial charge is 0.458 e. The van der Waals surface area contributed by atoms with Crippen molar-refractivity contribution in [1.82, 2.24) is 0 Å². The summed E-state index contributed by atoms with van der Waals surface area (Å²) in [5.41, 5.74) is 10.4. The molecule has 0 N–H and O–H groups in total. The maximum atomic E-state index is 10.8. The first-order valence-corrected chi connectivity index (χ1v) is 16.6. The maximum Gasteiger partial charge on any atom is 0.252 e. The Hall–Kier alpha value is -5.99. The van der Waals surface area contributed by atoms with E-state index < -0.39 is 0 Å². The van der Waals surface area contributed by atoms with Crippen LogP contribution in [0.2, 0.25) is 0 Å². The van der Waals surface area contributed by atoms with Crippen molar-refractivity contribution in [2.75, 3.05) is 76.0 Å². The quantitative estimate of drug-likeness (QED) is 0.253. The van der Waals surface area contributed by atoms with Gasteiger partial charge in [0.2, 0.25) is 0 Å². The van der Waals surface area contributed by atoms with E-state index in [9.17, 15) is 10.5 Å². The number of hydrogen-bond acceptors (Lipinski definition) is 8. The zero-order valence-corrected chi connectivity index (χ0v) is 29.7. The number of fused-ring (bicyclic) bond motifs is 4. The van der Waals surface area contributed by atoms with Gasteiger partial charge in [-0.2, -0.15) is 10.5 Å². The molecule has 0 atom stereocenters. The molecule has 0 bridgehead atoms. The highest BCUT2D eigenvalue weighted by atomic mass is 16.5. The van der Waals surface area contributed by atoms with Crippen LogP contribution in [0.4, 0.5) is 22.7 Å². The number of hydrogen-bond donors (Lipinski definition) is 0. The Morgan fingerprint density at radius 1 is 0.400 bits per heavy atom. The lowest BCUT2D eigenvalue weighted by atomic mass is 9.32. The molecule has 7 rings (SSSR count). The summed E-state index contributed by atoms with van der Waals surface area (Å²) in [6, 6.07) is 33.7. The molecule has 0 aromatic heterocycles. The summed E-state index contributed by atoms with van der Waals surface area (Å²) in [5, 5.41) is 21.7. The van der Waals surface area contributed by atoms with Crippen LogP contribution in [0.1, 0.15) is 11.1 Å². The van der Waals surface area contributed by atoms with Gasteiger partial charge in [-0.3, -0.25) is 0 Å². The minimum atomic E-state index is -0.323. The second kappa shape index (κ2) is 12.5. The highest BCUT2D eigenvalue weighted by Gasteiger charge is 2.38. The molecule has 2 aliphatic rings. The summed E-state index contributed by atoms with van der Waals surface area (Å²) in [4.78, 5) is 8.17. The summed E-state index contributed by atoms with van der Waals surface area (Å²) in [5.74, 6) is 2.93. The van der Waals surface area contributed by atoms with Crippen molar-refractivity contribution in [2.45, 2.75) is 0 Å². The predicted octanol–water partition coefficient (Wildman–Crippen LogP) is 2.94. The predicted molar refractivity (Wildman–Crippen MR) is 208 cm³/mol. The van der Waals surface area contributed by atoms with Crippen molar-refractivity contribution >= 4 is 69.0 Å². The Morgan fingerprint density at radius 3 is 0.880 bits per heavy atom. The van der Waals surface area contributed by atoms with E-state index in [1.165, 1.54) is 0 Å². The molecule has 0 radical (unpaired) electrons. The van der Waals surface area contributed by atoms with Crippen LogP contribution < -0.4 is 61.9 Å². The Balaban J connectivity index is 1.46. The van der Waals surface area contributed by atoms with Gasteiger partial charge in [-0.25, -0.2) is 0 Å². The van der Waals surface area contributed by atoms with Gasteiger partial charge in [-0.15, -0.1) is 0 Å². The highest BCUT2D eigenvalue weighted by Crippen LogP contribution is 2.32. The number of nitriles is 2. The molecule has 0 amide bonds. The molecule has 2 heterocycles. The van der Waals surface area contributed by atoms with Crippen LogP contribution in [0.3, 0.4) is 0 Å². The molecule has 0 spiro atoms. The molecule has 5 aromatic carbocycles. The zero-order chi connectivity index (χ0) is 35.4. The first-order chi connectivity index (χ1) is 24.0. The zero-order valence-electron chi connectivity index (χ0n) is 29.7. The monoisotopic (exact) mass is 656 g/mol. The van der Waals surface area contributed by atoms with Crippen LogP contribution >= 0.6 is 0 Å². The van der Waals surface area contributed by atoms with Crippen LogP contribution in [0, 0.1) is 22.7 Å². The number of benzene rings is 5. The van der Waals surface area contributed by atoms with Gasteiger partial charge < -0.3 is 29.1 Å². The van der Waals surface area contributed by atoms with Crippen LogP contribution in [0.5, 0.6) is 23.0 Å². The van der Waals surface area contributed by atoms with Gasteiger partial charge in [0, 0.05) is 115 Å². The van der Waals surface area contributed by atoms with Crippen molar-refractivity contribution in [3.63, 3.8) is 0 Å². The van der Waals surface area contributed by atoms with E-state index in [2.05, 4.69) is 60.7 Å². The minimum absolute atomic E-state index is 0.323. The fraction of sp³-hybridized carbons (Fsp3) is 0.200. The van der Waals surface area contributed by atoms with E-state index in [0.29, 0.717) is 11.1 Å². The average molecular weight is 656 g/mol. The number of nitrogens with zero attached hydrogens (tertiary/aromatic N) is 6. The lowest BCUT2D eigenvalue weighted by Crippen LogP contribution is -2.59. The Bertz CT molecular complexity index is 1980. The van der Waals surface area contributed by atoms with Gasteiger partial charge >= 0.3 is 0 Å². The third kappa shape index (κ3) is 5.44. The molecule has 0 unspecified atom stereocenters. The van der Waals surface area contributed by atoms with Gasteiger partial charge in [0.05, 0.1) is 12.1 Å². The van der Waals surface area contributed by atoms with E-state index >= 15 is 0 Å². The molecule has 0 fully saturated rings. The molecule has 0 saturated heterocycles. The fourth-order valence-corrected chi connectivity index (χ4v) is 7.06. The fourth-order valence-electron chi connectivity index (χ4n) is 7.06. The third-order valence-electron chi connectivity index (χ3n) is 9.82. The lowest BCUT2D eigenvalue weighted by Gasteiger charge is -2.31. The van der Waals surface area contributed by atoms with Gasteiger partial charge in [0.25, 0.3) is 13.4 Å². The summed E-state index contributed by atoms with van der Waals surface area (Å²) in [6.45, 7) is -0.645. The Morgan fingerprint density at radius 2 is 0.660 bits per heavy atom. The lowest BCUT2D eigenvalue weighted by molar-refractivity contribution is 0.487. The second-order valence-electron chi connectivity index (χ2n) is 13.8. The van der Waals surface area contributed by atoms with Crippen LogP contribution in [-0.2, 0) is 0 Å².